The van der Waals surface area contributed by atoms with E-state index in [1.807, 2.05) is 0 Å². The molecule has 0 aromatic rings. The first-order valence-corrected chi connectivity index (χ1v) is 10.5. The monoisotopic (exact) mass is 342 g/mol. The Morgan fingerprint density at radius 3 is 1.54 bits per heavy atom. The van der Waals surface area contributed by atoms with Gasteiger partial charge in [0.2, 0.25) is 0 Å². The minimum absolute atomic E-state index is 0.243. The Kier molecular flexibility index (Phi) is 14.4. The zero-order valence-corrected chi connectivity index (χ0v) is 17.0. The van der Waals surface area contributed by atoms with Crippen molar-refractivity contribution in [3.05, 3.63) is 0 Å². The topological polar surface area (TPSA) is 37.3 Å². The van der Waals surface area contributed by atoms with Crippen molar-refractivity contribution in [3.63, 3.8) is 0 Å². The van der Waals surface area contributed by atoms with E-state index < -0.39 is 5.97 Å². The number of carbonyl (C=O) groups is 1. The fourth-order valence-electron chi connectivity index (χ4n) is 3.68. The Hall–Kier alpha value is -0.570. The van der Waals surface area contributed by atoms with Crippen LogP contribution in [0.4, 0.5) is 0 Å². The summed E-state index contributed by atoms with van der Waals surface area (Å²) in [7, 11) is 4.12. The Labute approximate surface area is 151 Å². The zero-order valence-electron chi connectivity index (χ0n) is 17.0. The summed E-state index contributed by atoms with van der Waals surface area (Å²) in [6.07, 6.45) is 17.8. The maximum absolute atomic E-state index is 11.5. The molecule has 3 nitrogen and oxygen atoms in total. The fourth-order valence-corrected chi connectivity index (χ4v) is 3.68. The predicted octanol–water partition coefficient (Wildman–Crippen LogP) is 6.02. The van der Waals surface area contributed by atoms with Crippen molar-refractivity contribution in [2.45, 2.75) is 110 Å². The van der Waals surface area contributed by atoms with Gasteiger partial charge in [0.05, 0.1) is 20.6 Å². The Morgan fingerprint density at radius 2 is 1.17 bits per heavy atom. The molecular weight excluding hydrogens is 298 g/mol. The van der Waals surface area contributed by atoms with E-state index in [0.717, 1.165) is 25.8 Å². The van der Waals surface area contributed by atoms with Gasteiger partial charge in [0.15, 0.2) is 6.04 Å². The van der Waals surface area contributed by atoms with Crippen LogP contribution in [0.2, 0.25) is 0 Å². The number of nitrogens with zero attached hydrogens (tertiary/aromatic N) is 1. The smallest absolute Gasteiger partial charge is 0.362 e. The third kappa shape index (κ3) is 11.9. The quantitative estimate of drug-likeness (QED) is 0.259. The first-order chi connectivity index (χ1) is 11.5. The average Bonchev–Trinajstić information content (AvgIpc) is 2.51. The molecule has 0 aromatic carbocycles. The van der Waals surface area contributed by atoms with Crippen molar-refractivity contribution in [2.75, 3.05) is 20.6 Å². The molecule has 144 valence electrons. The summed E-state index contributed by atoms with van der Waals surface area (Å²) in [4.78, 5) is 11.5. The van der Waals surface area contributed by atoms with E-state index in [0.29, 0.717) is 4.48 Å². The van der Waals surface area contributed by atoms with E-state index in [9.17, 15) is 9.90 Å². The number of unbranched alkanes of at least 4 members (excludes halogenated alkanes) is 11. The molecule has 0 aliphatic heterocycles. The molecule has 0 saturated carbocycles. The fraction of sp³-hybridized carbons (Fsp3) is 0.952. The van der Waals surface area contributed by atoms with Gasteiger partial charge in [0.25, 0.3) is 0 Å². The van der Waals surface area contributed by atoms with Crippen LogP contribution in [-0.4, -0.2) is 42.2 Å². The van der Waals surface area contributed by atoms with Crippen molar-refractivity contribution in [1.82, 2.24) is 0 Å². The highest BCUT2D eigenvalue weighted by Gasteiger charge is 2.33. The molecule has 0 fully saturated rings. The summed E-state index contributed by atoms with van der Waals surface area (Å²) in [6.45, 7) is 5.33. The summed E-state index contributed by atoms with van der Waals surface area (Å²) in [5.41, 5.74) is 0. The molecule has 0 rings (SSSR count). The van der Waals surface area contributed by atoms with Crippen molar-refractivity contribution in [2.24, 2.45) is 0 Å². The van der Waals surface area contributed by atoms with Gasteiger partial charge < -0.3 is 9.59 Å². The van der Waals surface area contributed by atoms with Crippen LogP contribution in [0.1, 0.15) is 104 Å². The lowest BCUT2D eigenvalue weighted by atomic mass is 10.0. The van der Waals surface area contributed by atoms with Gasteiger partial charge in [0.1, 0.15) is 0 Å². The van der Waals surface area contributed by atoms with Crippen LogP contribution >= 0.6 is 0 Å². The van der Waals surface area contributed by atoms with E-state index in [2.05, 4.69) is 27.9 Å². The molecule has 0 aliphatic rings. The normalized spacial score (nSPS) is 13.2. The van der Waals surface area contributed by atoms with E-state index in [-0.39, 0.29) is 6.04 Å². The van der Waals surface area contributed by atoms with Gasteiger partial charge in [-0.3, -0.25) is 0 Å². The van der Waals surface area contributed by atoms with Crippen LogP contribution in [0.25, 0.3) is 0 Å². The maximum Gasteiger partial charge on any atom is 0.362 e. The van der Waals surface area contributed by atoms with Gasteiger partial charge >= 0.3 is 5.97 Å². The molecule has 0 bridgehead atoms. The summed E-state index contributed by atoms with van der Waals surface area (Å²) in [5, 5.41) is 9.50. The summed E-state index contributed by atoms with van der Waals surface area (Å²) in [5.74, 6) is -0.628. The number of hydrogen-bond acceptors (Lipinski definition) is 1. The lowest BCUT2D eigenvalue weighted by Crippen LogP contribution is -2.53. The van der Waals surface area contributed by atoms with Crippen molar-refractivity contribution in [3.8, 4) is 0 Å². The largest absolute Gasteiger partial charge is 0.477 e. The van der Waals surface area contributed by atoms with E-state index in [4.69, 9.17) is 0 Å². The van der Waals surface area contributed by atoms with Gasteiger partial charge in [-0.05, 0) is 12.8 Å². The van der Waals surface area contributed by atoms with Gasteiger partial charge in [-0.2, -0.15) is 0 Å². The van der Waals surface area contributed by atoms with Crippen LogP contribution in [0, 0.1) is 0 Å². The van der Waals surface area contributed by atoms with Crippen LogP contribution in [0.5, 0.6) is 0 Å². The van der Waals surface area contributed by atoms with Crippen LogP contribution in [0.15, 0.2) is 0 Å². The number of quaternary nitrogens is 1. The zero-order chi connectivity index (χ0) is 18.3. The number of carboxylic acid groups (broad SMARTS) is 1. The Bertz CT molecular complexity index is 302. The Balaban J connectivity index is 3.61. The number of rotatable bonds is 17. The van der Waals surface area contributed by atoms with Gasteiger partial charge in [-0.1, -0.05) is 84.5 Å². The highest BCUT2D eigenvalue weighted by molar-refractivity contribution is 5.72. The first-order valence-electron chi connectivity index (χ1n) is 10.5. The molecule has 0 radical (unpaired) electrons. The summed E-state index contributed by atoms with van der Waals surface area (Å²) < 4.78 is 0.615. The van der Waals surface area contributed by atoms with Crippen LogP contribution in [0.3, 0.4) is 0 Å². The van der Waals surface area contributed by atoms with Crippen LogP contribution in [-0.2, 0) is 4.79 Å². The predicted molar refractivity (Wildman–Crippen MR) is 104 cm³/mol. The molecule has 24 heavy (non-hydrogen) atoms. The Morgan fingerprint density at radius 1 is 0.750 bits per heavy atom. The second kappa shape index (κ2) is 14.7. The molecule has 0 aromatic heterocycles. The van der Waals surface area contributed by atoms with Crippen molar-refractivity contribution >= 4 is 5.97 Å². The van der Waals surface area contributed by atoms with Gasteiger partial charge in [-0.25, -0.2) is 4.79 Å². The number of carboxylic acids is 1. The molecule has 1 unspecified atom stereocenters. The van der Waals surface area contributed by atoms with Crippen LogP contribution < -0.4 is 0 Å². The van der Waals surface area contributed by atoms with Gasteiger partial charge in [-0.15, -0.1) is 0 Å². The van der Waals surface area contributed by atoms with E-state index in [1.54, 1.807) is 0 Å². The molecule has 3 heteroatoms. The second-order valence-electron chi connectivity index (χ2n) is 8.03. The third-order valence-corrected chi connectivity index (χ3v) is 5.26. The minimum atomic E-state index is -0.628. The molecule has 0 aliphatic carbocycles. The SMILES string of the molecule is CCCCCCCCCCCCCCC(C(=O)O)[N+](C)(C)CCC. The molecule has 0 spiro atoms. The number of likely N-dealkylation sites (N-methyl/N-ethyl adjacent to an activating group) is 1. The van der Waals surface area contributed by atoms with E-state index in [1.165, 1.54) is 70.6 Å². The highest BCUT2D eigenvalue weighted by atomic mass is 16.4. The van der Waals surface area contributed by atoms with Crippen molar-refractivity contribution < 1.29 is 14.4 Å². The average molecular weight is 343 g/mol. The van der Waals surface area contributed by atoms with Crippen molar-refractivity contribution in [1.29, 1.82) is 0 Å². The summed E-state index contributed by atoms with van der Waals surface area (Å²) >= 11 is 0. The number of aliphatic carboxylic acids is 1. The maximum atomic E-state index is 11.5. The lowest BCUT2D eigenvalue weighted by molar-refractivity contribution is -0.907. The third-order valence-electron chi connectivity index (χ3n) is 5.26. The molecule has 0 heterocycles. The highest BCUT2D eigenvalue weighted by Crippen LogP contribution is 2.17. The molecule has 0 amide bonds. The number of hydrogen-bond donors (Lipinski definition) is 1. The molecule has 1 N–H and O–H groups in total. The second-order valence-corrected chi connectivity index (χ2v) is 8.03. The first kappa shape index (κ1) is 23.4. The lowest BCUT2D eigenvalue weighted by Gasteiger charge is -2.35. The summed E-state index contributed by atoms with van der Waals surface area (Å²) in [6, 6.07) is -0.243. The van der Waals surface area contributed by atoms with E-state index >= 15 is 0 Å². The standard InChI is InChI=1S/C21H43NO2/c1-5-7-8-9-10-11-12-13-14-15-16-17-18-20(21(23)24)22(3,4)19-6-2/h20H,5-19H2,1-4H3/p+1. The molecular formula is C21H44NO2+. The molecule has 0 saturated heterocycles. The molecule has 1 atom stereocenters. The minimum Gasteiger partial charge on any atom is -0.477 e. The van der Waals surface area contributed by atoms with Gasteiger partial charge in [0, 0.05) is 6.42 Å².